The summed E-state index contributed by atoms with van der Waals surface area (Å²) in [7, 11) is 0. The summed E-state index contributed by atoms with van der Waals surface area (Å²) in [5.74, 6) is 1.71. The lowest BCUT2D eigenvalue weighted by molar-refractivity contribution is 0.0416. The number of thiophene rings is 1. The zero-order chi connectivity index (χ0) is 42.0. The van der Waals surface area contributed by atoms with Crippen molar-refractivity contribution in [1.82, 2.24) is 9.80 Å². The molecular weight excluding hydrogens is 789 g/mol. The van der Waals surface area contributed by atoms with Crippen LogP contribution in [0.4, 0.5) is 0 Å². The van der Waals surface area contributed by atoms with Gasteiger partial charge in [-0.2, -0.15) is 0 Å². The quantitative estimate of drug-likeness (QED) is 0.165. The van der Waals surface area contributed by atoms with Gasteiger partial charge in [0.2, 0.25) is 0 Å². The van der Waals surface area contributed by atoms with E-state index in [1.165, 1.54) is 32.0 Å². The summed E-state index contributed by atoms with van der Waals surface area (Å²) >= 11 is 1.76. The van der Waals surface area contributed by atoms with Crippen molar-refractivity contribution in [3.8, 4) is 11.5 Å². The normalized spacial score (nSPS) is 18.1. The van der Waals surface area contributed by atoms with Crippen LogP contribution in [0.1, 0.15) is 55.2 Å². The molecule has 0 spiro atoms. The molecule has 8 rings (SSSR count). The van der Waals surface area contributed by atoms with E-state index >= 15 is 0 Å². The fraction of sp³-hybridized carbons (Fsp3) is 0.259. The van der Waals surface area contributed by atoms with Crippen LogP contribution in [0, 0.1) is 0 Å². The molecule has 7 aromatic rings. The molecule has 6 aromatic carbocycles. The smallest absolute Gasteiger partial charge is 0.123 e. The minimum atomic E-state index is -0.00648. The first-order chi connectivity index (χ1) is 30.7. The Labute approximate surface area is 371 Å². The summed E-state index contributed by atoms with van der Waals surface area (Å²) in [6, 6.07) is 63.8. The maximum atomic E-state index is 6.65. The van der Waals surface area contributed by atoms with Crippen molar-refractivity contribution >= 4 is 11.3 Å². The Balaban J connectivity index is 1.06. The van der Waals surface area contributed by atoms with E-state index < -0.39 is 0 Å². The second-order valence-corrected chi connectivity index (χ2v) is 16.8. The summed E-state index contributed by atoms with van der Waals surface area (Å²) < 4.78 is 32.2. The van der Waals surface area contributed by atoms with Gasteiger partial charge < -0.3 is 23.7 Å². The molecule has 318 valence electrons. The van der Waals surface area contributed by atoms with Gasteiger partial charge in [0.05, 0.1) is 51.7 Å². The molecule has 1 aliphatic rings. The molecular formula is C54H56N2O5S. The summed E-state index contributed by atoms with van der Waals surface area (Å²) in [6.45, 7) is 6.69. The van der Waals surface area contributed by atoms with E-state index in [0.29, 0.717) is 65.9 Å². The zero-order valence-electron chi connectivity index (χ0n) is 35.3. The van der Waals surface area contributed by atoms with Crippen molar-refractivity contribution in [1.29, 1.82) is 0 Å². The summed E-state index contributed by atoms with van der Waals surface area (Å²) in [6.07, 6.45) is 0. The third-order valence-corrected chi connectivity index (χ3v) is 12.2. The van der Waals surface area contributed by atoms with Gasteiger partial charge in [0, 0.05) is 47.1 Å². The van der Waals surface area contributed by atoms with Crippen LogP contribution >= 0.6 is 11.3 Å². The Bertz CT molecular complexity index is 2180. The average Bonchev–Trinajstić information content (AvgIpc) is 3.78. The van der Waals surface area contributed by atoms with E-state index in [2.05, 4.69) is 180 Å². The van der Waals surface area contributed by atoms with Gasteiger partial charge in [-0.1, -0.05) is 158 Å². The minimum absolute atomic E-state index is 0.00648. The molecule has 0 unspecified atom stereocenters. The van der Waals surface area contributed by atoms with Crippen LogP contribution in [-0.4, -0.2) is 49.4 Å². The maximum absolute atomic E-state index is 6.65. The number of para-hydroxylation sites is 2. The molecule has 0 radical (unpaired) electrons. The Hall–Kier alpha value is -5.58. The number of nitrogens with zero attached hydrogens (tertiary/aromatic N) is 2. The van der Waals surface area contributed by atoms with Crippen LogP contribution in [0.2, 0.25) is 0 Å². The number of fused-ring (bicyclic) bond motifs is 4. The van der Waals surface area contributed by atoms with E-state index in [4.69, 9.17) is 23.7 Å². The second kappa shape index (κ2) is 23.0. The zero-order valence-corrected chi connectivity index (χ0v) is 36.1. The lowest BCUT2D eigenvalue weighted by Gasteiger charge is -2.33. The molecule has 7 nitrogen and oxygen atoms in total. The lowest BCUT2D eigenvalue weighted by Crippen LogP contribution is -2.31. The van der Waals surface area contributed by atoms with Gasteiger partial charge in [-0.05, 0) is 46.5 Å². The molecule has 8 heteroatoms. The van der Waals surface area contributed by atoms with E-state index in [1.54, 1.807) is 11.3 Å². The number of benzene rings is 6. The molecule has 2 atom stereocenters. The predicted molar refractivity (Wildman–Crippen MR) is 248 cm³/mol. The Morgan fingerprint density at radius 3 is 1.23 bits per heavy atom. The van der Waals surface area contributed by atoms with Crippen molar-refractivity contribution in [2.24, 2.45) is 0 Å². The van der Waals surface area contributed by atoms with Crippen LogP contribution < -0.4 is 9.47 Å². The first-order valence-electron chi connectivity index (χ1n) is 21.6. The highest BCUT2D eigenvalue weighted by Crippen LogP contribution is 2.32. The Morgan fingerprint density at radius 2 is 0.790 bits per heavy atom. The SMILES string of the molecule is c1ccc(CN2Cc3ccccc3OCCOCCOc3ccccc3CN(Cc3ccccc3)[C@@H](c3ccccc3)COCc3ccc(s3)COC[C@@H]2c2ccccc2)cc1. The van der Waals surface area contributed by atoms with Crippen LogP contribution in [0.5, 0.6) is 11.5 Å². The van der Waals surface area contributed by atoms with Crippen molar-refractivity contribution in [3.63, 3.8) is 0 Å². The highest BCUT2D eigenvalue weighted by Gasteiger charge is 2.25. The minimum Gasteiger partial charge on any atom is -0.491 e. The predicted octanol–water partition coefficient (Wildman–Crippen LogP) is 11.5. The molecule has 0 fully saturated rings. The molecule has 1 aliphatic heterocycles. The first kappa shape index (κ1) is 43.1. The molecule has 0 saturated carbocycles. The van der Waals surface area contributed by atoms with E-state index in [1.807, 2.05) is 12.1 Å². The molecule has 0 aliphatic carbocycles. The number of hydrogen-bond donors (Lipinski definition) is 0. The highest BCUT2D eigenvalue weighted by atomic mass is 32.1. The van der Waals surface area contributed by atoms with Gasteiger partial charge in [0.25, 0.3) is 0 Å². The van der Waals surface area contributed by atoms with Gasteiger partial charge in [-0.3, -0.25) is 9.80 Å². The van der Waals surface area contributed by atoms with Gasteiger partial charge in [-0.25, -0.2) is 0 Å². The Morgan fingerprint density at radius 1 is 0.403 bits per heavy atom. The molecule has 2 bridgehead atoms. The fourth-order valence-corrected chi connectivity index (χ4v) is 8.89. The third kappa shape index (κ3) is 12.5. The first-order valence-corrected chi connectivity index (χ1v) is 22.4. The third-order valence-electron chi connectivity index (χ3n) is 11.1. The lowest BCUT2D eigenvalue weighted by atomic mass is 10.0. The Kier molecular flexibility index (Phi) is 16.0. The van der Waals surface area contributed by atoms with Crippen LogP contribution in [-0.2, 0) is 53.6 Å². The van der Waals surface area contributed by atoms with Crippen molar-refractivity contribution in [3.05, 3.63) is 225 Å². The van der Waals surface area contributed by atoms with Gasteiger partial charge in [0.15, 0.2) is 0 Å². The van der Waals surface area contributed by atoms with Crippen LogP contribution in [0.15, 0.2) is 182 Å². The largest absolute Gasteiger partial charge is 0.491 e. The topological polar surface area (TPSA) is 52.6 Å². The molecule has 0 N–H and O–H groups in total. The van der Waals surface area contributed by atoms with Crippen molar-refractivity contribution in [2.45, 2.75) is 51.5 Å². The summed E-state index contributed by atoms with van der Waals surface area (Å²) in [5, 5.41) is 0. The van der Waals surface area contributed by atoms with E-state index in [9.17, 15) is 0 Å². The standard InChI is InChI=1S/C54H56N2O5S/c1-5-17-43(18-6-1)35-55-37-47-25-13-15-27-53(47)60-33-31-57-32-34-61-54-28-16-14-26-48(54)38-56(36-44-19-7-2-8-20-44)52(46-23-11-4-12-24-46)42-59-40-50-30-29-49(62-50)39-58-41-51(55)45-21-9-3-10-22-45/h1-30,51-52H,31-42H2/t51-,52-/m1/s1. The number of rotatable bonds is 6. The van der Waals surface area contributed by atoms with Crippen LogP contribution in [0.3, 0.4) is 0 Å². The molecule has 62 heavy (non-hydrogen) atoms. The van der Waals surface area contributed by atoms with Gasteiger partial charge in [-0.15, -0.1) is 11.3 Å². The monoisotopic (exact) mass is 844 g/mol. The van der Waals surface area contributed by atoms with E-state index in [-0.39, 0.29) is 12.1 Å². The van der Waals surface area contributed by atoms with Gasteiger partial charge >= 0.3 is 0 Å². The van der Waals surface area contributed by atoms with Crippen LogP contribution in [0.25, 0.3) is 0 Å². The molecule has 2 heterocycles. The maximum Gasteiger partial charge on any atom is 0.123 e. The molecule has 0 amide bonds. The summed E-state index contributed by atoms with van der Waals surface area (Å²) in [4.78, 5) is 7.35. The molecule has 1 aromatic heterocycles. The van der Waals surface area contributed by atoms with Gasteiger partial charge in [0.1, 0.15) is 24.7 Å². The second-order valence-electron chi connectivity index (χ2n) is 15.6. The average molecular weight is 845 g/mol. The summed E-state index contributed by atoms with van der Waals surface area (Å²) in [5.41, 5.74) is 7.13. The van der Waals surface area contributed by atoms with Crippen molar-refractivity contribution in [2.75, 3.05) is 39.6 Å². The fourth-order valence-electron chi connectivity index (χ4n) is 7.99. The van der Waals surface area contributed by atoms with E-state index in [0.717, 1.165) is 35.7 Å². The number of hydrogen-bond acceptors (Lipinski definition) is 8. The van der Waals surface area contributed by atoms with Crippen molar-refractivity contribution < 1.29 is 23.7 Å². The number of ether oxygens (including phenoxy) is 5. The molecule has 0 saturated heterocycles. The highest BCUT2D eigenvalue weighted by molar-refractivity contribution is 7.11.